The maximum absolute atomic E-state index is 11.9. The van der Waals surface area contributed by atoms with E-state index in [-0.39, 0.29) is 18.6 Å². The highest BCUT2D eigenvalue weighted by atomic mass is 16.8. The van der Waals surface area contributed by atoms with Crippen LogP contribution in [0.15, 0.2) is 60.7 Å². The number of hydrogen-bond acceptors (Lipinski definition) is 5. The summed E-state index contributed by atoms with van der Waals surface area (Å²) in [5, 5.41) is 0. The Bertz CT molecular complexity index is 704. The van der Waals surface area contributed by atoms with E-state index in [2.05, 4.69) is 0 Å². The molecule has 1 aliphatic heterocycles. The van der Waals surface area contributed by atoms with E-state index in [4.69, 9.17) is 14.2 Å². The predicted octanol–water partition coefficient (Wildman–Crippen LogP) is 3.08. The van der Waals surface area contributed by atoms with E-state index < -0.39 is 24.1 Å². The van der Waals surface area contributed by atoms with Gasteiger partial charge in [-0.2, -0.15) is 0 Å². The van der Waals surface area contributed by atoms with Gasteiger partial charge in [0, 0.05) is 5.92 Å². The molecule has 3 atom stereocenters. The van der Waals surface area contributed by atoms with Crippen molar-refractivity contribution in [3.8, 4) is 0 Å². The molecule has 5 nitrogen and oxygen atoms in total. The van der Waals surface area contributed by atoms with Crippen LogP contribution < -0.4 is 0 Å². The third-order valence-electron chi connectivity index (χ3n) is 4.27. The number of ether oxygens (including phenoxy) is 3. The van der Waals surface area contributed by atoms with Gasteiger partial charge in [-0.25, -0.2) is 4.79 Å². The molecule has 0 saturated carbocycles. The van der Waals surface area contributed by atoms with Crippen molar-refractivity contribution in [3.63, 3.8) is 0 Å². The molecule has 2 aromatic carbocycles. The Kier molecular flexibility index (Phi) is 5.81. The molecule has 0 N–H and O–H groups in total. The standard InChI is InChI=1S/C21H22O5/c1-3-24-20(23)18(14(2)22)25-21-19(26-21)17(15-10-6-4-7-11-15)16-12-8-5-9-13-16/h4-13,17-19,21H,3H2,1-2H3. The van der Waals surface area contributed by atoms with Gasteiger partial charge >= 0.3 is 5.97 Å². The Morgan fingerprint density at radius 1 is 1.00 bits per heavy atom. The van der Waals surface area contributed by atoms with Crippen LogP contribution in [0.4, 0.5) is 0 Å². The number of carbonyl (C=O) groups is 2. The van der Waals surface area contributed by atoms with Gasteiger partial charge < -0.3 is 14.2 Å². The van der Waals surface area contributed by atoms with Crippen LogP contribution in [-0.4, -0.2) is 36.9 Å². The molecule has 0 aromatic heterocycles. The molecule has 1 heterocycles. The minimum Gasteiger partial charge on any atom is -0.464 e. The van der Waals surface area contributed by atoms with E-state index in [1.54, 1.807) is 6.92 Å². The molecule has 26 heavy (non-hydrogen) atoms. The highest BCUT2D eigenvalue weighted by molar-refractivity contribution is 6.00. The molecule has 0 radical (unpaired) electrons. The van der Waals surface area contributed by atoms with Crippen molar-refractivity contribution in [2.45, 2.75) is 38.3 Å². The normalized spacial score (nSPS) is 19.8. The fourth-order valence-corrected chi connectivity index (χ4v) is 3.02. The number of benzene rings is 2. The molecule has 3 rings (SSSR count). The Balaban J connectivity index is 1.78. The average Bonchev–Trinajstić information content (AvgIpc) is 3.40. The molecule has 136 valence electrons. The van der Waals surface area contributed by atoms with Crippen molar-refractivity contribution in [2.24, 2.45) is 0 Å². The zero-order chi connectivity index (χ0) is 18.5. The Morgan fingerprint density at radius 2 is 1.54 bits per heavy atom. The minimum atomic E-state index is -1.25. The molecule has 1 saturated heterocycles. The van der Waals surface area contributed by atoms with Crippen LogP contribution in [0.2, 0.25) is 0 Å². The number of epoxide rings is 1. The van der Waals surface area contributed by atoms with Crippen LogP contribution in [0, 0.1) is 0 Å². The second kappa shape index (κ2) is 8.25. The first kappa shape index (κ1) is 18.3. The number of rotatable bonds is 8. The smallest absolute Gasteiger partial charge is 0.343 e. The molecular weight excluding hydrogens is 332 g/mol. The maximum atomic E-state index is 11.9. The van der Waals surface area contributed by atoms with Gasteiger partial charge in [0.2, 0.25) is 6.10 Å². The van der Waals surface area contributed by atoms with Crippen LogP contribution in [0.5, 0.6) is 0 Å². The quantitative estimate of drug-likeness (QED) is 0.414. The number of hydrogen-bond donors (Lipinski definition) is 0. The molecule has 0 spiro atoms. The lowest BCUT2D eigenvalue weighted by atomic mass is 9.88. The van der Waals surface area contributed by atoms with Gasteiger partial charge in [-0.1, -0.05) is 60.7 Å². The van der Waals surface area contributed by atoms with E-state index in [9.17, 15) is 9.59 Å². The lowest BCUT2D eigenvalue weighted by molar-refractivity contribution is -0.164. The van der Waals surface area contributed by atoms with Crippen molar-refractivity contribution in [1.82, 2.24) is 0 Å². The molecule has 2 aromatic rings. The highest BCUT2D eigenvalue weighted by Gasteiger charge is 2.50. The first-order valence-electron chi connectivity index (χ1n) is 8.69. The van der Waals surface area contributed by atoms with Gasteiger partial charge in [0.05, 0.1) is 6.61 Å². The lowest BCUT2D eigenvalue weighted by Crippen LogP contribution is -2.34. The number of ketones is 1. The summed E-state index contributed by atoms with van der Waals surface area (Å²) < 4.78 is 16.3. The Morgan fingerprint density at radius 3 is 2.00 bits per heavy atom. The molecule has 3 unspecified atom stereocenters. The minimum absolute atomic E-state index is 0.0443. The van der Waals surface area contributed by atoms with Crippen LogP contribution in [0.3, 0.4) is 0 Å². The lowest BCUT2D eigenvalue weighted by Gasteiger charge is -2.17. The summed E-state index contributed by atoms with van der Waals surface area (Å²) in [6.45, 7) is 3.19. The van der Waals surface area contributed by atoms with Gasteiger partial charge in [-0.15, -0.1) is 0 Å². The monoisotopic (exact) mass is 354 g/mol. The van der Waals surface area contributed by atoms with E-state index >= 15 is 0 Å². The van der Waals surface area contributed by atoms with E-state index in [0.717, 1.165) is 11.1 Å². The molecule has 1 aliphatic rings. The topological polar surface area (TPSA) is 65.1 Å². The molecule has 0 aliphatic carbocycles. The van der Waals surface area contributed by atoms with Crippen molar-refractivity contribution < 1.29 is 23.8 Å². The SMILES string of the molecule is CCOC(=O)C(OC1OC1C(c1ccccc1)c1ccccc1)C(C)=O. The Labute approximate surface area is 152 Å². The fourth-order valence-electron chi connectivity index (χ4n) is 3.02. The summed E-state index contributed by atoms with van der Waals surface area (Å²) in [6, 6.07) is 19.9. The summed E-state index contributed by atoms with van der Waals surface area (Å²) in [5.74, 6) is -1.11. The van der Waals surface area contributed by atoms with E-state index in [1.807, 2.05) is 60.7 Å². The largest absolute Gasteiger partial charge is 0.464 e. The van der Waals surface area contributed by atoms with Gasteiger partial charge in [0.1, 0.15) is 6.10 Å². The molecule has 1 fully saturated rings. The fraction of sp³-hybridized carbons (Fsp3) is 0.333. The molecule has 0 amide bonds. The second-order valence-corrected chi connectivity index (χ2v) is 6.15. The van der Waals surface area contributed by atoms with Crippen molar-refractivity contribution >= 4 is 11.8 Å². The summed E-state index contributed by atoms with van der Waals surface area (Å²) in [7, 11) is 0. The number of carbonyl (C=O) groups excluding carboxylic acids is 2. The van der Waals surface area contributed by atoms with E-state index in [0.29, 0.717) is 0 Å². The summed E-state index contributed by atoms with van der Waals surface area (Å²) in [4.78, 5) is 23.7. The van der Waals surface area contributed by atoms with Crippen LogP contribution in [0.25, 0.3) is 0 Å². The number of Topliss-reactive ketones (excluding diaryl/α,β-unsaturated/α-hetero) is 1. The van der Waals surface area contributed by atoms with Gasteiger partial charge in [-0.3, -0.25) is 4.79 Å². The first-order chi connectivity index (χ1) is 12.6. The predicted molar refractivity (Wildman–Crippen MR) is 95.6 cm³/mol. The summed E-state index contributed by atoms with van der Waals surface area (Å²) in [5.41, 5.74) is 2.18. The summed E-state index contributed by atoms with van der Waals surface area (Å²) in [6.07, 6.45) is -2.15. The van der Waals surface area contributed by atoms with Crippen molar-refractivity contribution in [3.05, 3.63) is 71.8 Å². The zero-order valence-electron chi connectivity index (χ0n) is 14.8. The van der Waals surface area contributed by atoms with Crippen LogP contribution in [0.1, 0.15) is 30.9 Å². The first-order valence-corrected chi connectivity index (χ1v) is 8.69. The third kappa shape index (κ3) is 4.18. The average molecular weight is 354 g/mol. The van der Waals surface area contributed by atoms with E-state index in [1.165, 1.54) is 6.92 Å². The number of esters is 1. The zero-order valence-corrected chi connectivity index (χ0v) is 14.8. The molecule has 0 bridgehead atoms. The molecule has 5 heteroatoms. The maximum Gasteiger partial charge on any atom is 0.343 e. The van der Waals surface area contributed by atoms with Gasteiger partial charge in [-0.05, 0) is 25.0 Å². The van der Waals surface area contributed by atoms with Gasteiger partial charge in [0.25, 0.3) is 0 Å². The van der Waals surface area contributed by atoms with Crippen LogP contribution >= 0.6 is 0 Å². The van der Waals surface area contributed by atoms with Crippen molar-refractivity contribution in [2.75, 3.05) is 6.61 Å². The third-order valence-corrected chi connectivity index (χ3v) is 4.27. The summed E-state index contributed by atoms with van der Waals surface area (Å²) >= 11 is 0. The molecular formula is C21H22O5. The second-order valence-electron chi connectivity index (χ2n) is 6.15. The van der Waals surface area contributed by atoms with Crippen LogP contribution in [-0.2, 0) is 23.8 Å². The highest BCUT2D eigenvalue weighted by Crippen LogP contribution is 2.41. The van der Waals surface area contributed by atoms with Crippen molar-refractivity contribution in [1.29, 1.82) is 0 Å². The Hall–Kier alpha value is -2.50. The van der Waals surface area contributed by atoms with Gasteiger partial charge in [0.15, 0.2) is 12.1 Å².